The summed E-state index contributed by atoms with van der Waals surface area (Å²) in [5.41, 5.74) is 0.513. The number of carbonyl (C=O) groups is 2. The van der Waals surface area contributed by atoms with Gasteiger partial charge in [-0.3, -0.25) is 9.59 Å². The van der Waals surface area contributed by atoms with Gasteiger partial charge in [0.1, 0.15) is 22.6 Å². The molecule has 176 valence electrons. The van der Waals surface area contributed by atoms with E-state index in [0.29, 0.717) is 16.3 Å². The number of amides is 2. The molecule has 2 heterocycles. The first-order valence-corrected chi connectivity index (χ1v) is 11.6. The molecule has 1 aliphatic rings. The molecule has 0 radical (unpaired) electrons. The highest BCUT2D eigenvalue weighted by Crippen LogP contribution is 2.45. The van der Waals surface area contributed by atoms with Crippen LogP contribution in [0.5, 0.6) is 0 Å². The molecule has 6 nitrogen and oxygen atoms in total. The van der Waals surface area contributed by atoms with Gasteiger partial charge in [-0.1, -0.05) is 13.8 Å². The summed E-state index contributed by atoms with van der Waals surface area (Å²) >= 11 is 1.16. The number of nitriles is 2. The quantitative estimate of drug-likeness (QED) is 0.522. The first kappa shape index (κ1) is 24.1. The second kappa shape index (κ2) is 9.65. The van der Waals surface area contributed by atoms with Crippen molar-refractivity contribution in [1.82, 2.24) is 4.90 Å². The number of anilines is 1. The number of nitrogens with zero attached hydrogens (tertiary/aromatic N) is 3. The Morgan fingerprint density at radius 2 is 1.86 bits per heavy atom. The van der Waals surface area contributed by atoms with Gasteiger partial charge in [0.2, 0.25) is 5.91 Å². The molecule has 1 aliphatic heterocycles. The highest BCUT2D eigenvalue weighted by molar-refractivity contribution is 7.12. The Kier molecular flexibility index (Phi) is 6.63. The molecule has 0 unspecified atom stereocenters. The molecule has 35 heavy (non-hydrogen) atoms. The first-order valence-electron chi connectivity index (χ1n) is 10.8. The van der Waals surface area contributed by atoms with E-state index in [1.165, 1.54) is 24.3 Å². The zero-order valence-corrected chi connectivity index (χ0v) is 19.7. The number of rotatable bonds is 5. The van der Waals surface area contributed by atoms with Gasteiger partial charge in [-0.2, -0.15) is 10.5 Å². The van der Waals surface area contributed by atoms with Gasteiger partial charge in [0.15, 0.2) is 0 Å². The lowest BCUT2D eigenvalue weighted by Crippen LogP contribution is -2.47. The number of hydrogen-bond donors (Lipinski definition) is 1. The molecule has 2 aromatic carbocycles. The maximum atomic E-state index is 14.3. The van der Waals surface area contributed by atoms with E-state index in [9.17, 15) is 23.6 Å². The van der Waals surface area contributed by atoms with Crippen LogP contribution < -0.4 is 5.32 Å². The first-order chi connectivity index (χ1) is 16.7. The topological polar surface area (TPSA) is 97.0 Å². The summed E-state index contributed by atoms with van der Waals surface area (Å²) in [7, 11) is 0. The third kappa shape index (κ3) is 4.77. The Hall–Kier alpha value is -4.08. The van der Waals surface area contributed by atoms with E-state index in [2.05, 4.69) is 11.4 Å². The van der Waals surface area contributed by atoms with Gasteiger partial charge in [-0.15, -0.1) is 11.3 Å². The number of carbonyl (C=O) groups excluding carboxylic acids is 2. The van der Waals surface area contributed by atoms with Crippen LogP contribution in [0.1, 0.15) is 57.0 Å². The fraction of sp³-hybridized carbons (Fsp3) is 0.231. The molecule has 0 fully saturated rings. The molecule has 0 aliphatic carbocycles. The van der Waals surface area contributed by atoms with Crippen LogP contribution in [0.25, 0.3) is 0 Å². The second-order valence-corrected chi connectivity index (χ2v) is 9.76. The zero-order chi connectivity index (χ0) is 25.3. The summed E-state index contributed by atoms with van der Waals surface area (Å²) in [6.07, 6.45) is 0. The van der Waals surface area contributed by atoms with E-state index in [0.717, 1.165) is 23.5 Å². The fourth-order valence-electron chi connectivity index (χ4n) is 4.33. The lowest BCUT2D eigenvalue weighted by atomic mass is 9.81. The molecule has 0 saturated heterocycles. The Labute approximate surface area is 205 Å². The Bertz CT molecular complexity index is 1400. The number of benzene rings is 2. The average Bonchev–Trinajstić information content (AvgIpc) is 3.28. The maximum Gasteiger partial charge on any atom is 0.254 e. The molecule has 3 aromatic rings. The van der Waals surface area contributed by atoms with Crippen LogP contribution in [0, 0.1) is 40.2 Å². The van der Waals surface area contributed by atoms with Crippen molar-refractivity contribution in [1.29, 1.82) is 10.5 Å². The average molecular weight is 491 g/mol. The molecule has 1 N–H and O–H groups in total. The number of nitrogens with one attached hydrogen (secondary N) is 1. The summed E-state index contributed by atoms with van der Waals surface area (Å²) in [6, 6.07) is 13.6. The van der Waals surface area contributed by atoms with Crippen molar-refractivity contribution < 1.29 is 18.4 Å². The molecule has 2 amide bonds. The van der Waals surface area contributed by atoms with Crippen LogP contribution in [0.3, 0.4) is 0 Å². The lowest BCUT2D eigenvalue weighted by molar-refractivity contribution is -0.119. The summed E-state index contributed by atoms with van der Waals surface area (Å²) in [4.78, 5) is 29.8. The molecule has 2 atom stereocenters. The SMILES string of the molecule is CC(C)CN1C(=O)c2ccc(F)cc2[C@@H](C(=O)Nc2cc(F)cc(C#N)c2)[C@@H]1c1ccc(C#N)s1. The van der Waals surface area contributed by atoms with Crippen molar-refractivity contribution in [3.05, 3.63) is 86.6 Å². The number of hydrogen-bond acceptors (Lipinski definition) is 5. The van der Waals surface area contributed by atoms with Crippen LogP contribution in [0.15, 0.2) is 48.5 Å². The van der Waals surface area contributed by atoms with Crippen molar-refractivity contribution in [2.45, 2.75) is 25.8 Å². The van der Waals surface area contributed by atoms with Crippen LogP contribution in [0.4, 0.5) is 14.5 Å². The van der Waals surface area contributed by atoms with Crippen LogP contribution in [-0.2, 0) is 4.79 Å². The van der Waals surface area contributed by atoms with Gasteiger partial charge in [0.25, 0.3) is 5.91 Å². The van der Waals surface area contributed by atoms with E-state index in [-0.39, 0.29) is 34.2 Å². The second-order valence-electron chi connectivity index (χ2n) is 8.65. The van der Waals surface area contributed by atoms with Crippen LogP contribution in [-0.4, -0.2) is 23.3 Å². The Morgan fingerprint density at radius 1 is 1.09 bits per heavy atom. The number of fused-ring (bicyclic) bond motifs is 1. The predicted molar refractivity (Wildman–Crippen MR) is 127 cm³/mol. The van der Waals surface area contributed by atoms with Crippen molar-refractivity contribution in [2.24, 2.45) is 5.92 Å². The molecule has 4 rings (SSSR count). The highest BCUT2D eigenvalue weighted by atomic mass is 32.1. The molecular formula is C26H20F2N4O2S. The standard InChI is InChI=1S/C26H20F2N4O2S/c1-14(2)13-32-24(22-6-4-19(12-30)35-22)23(21-10-16(27)3-5-20(21)26(32)34)25(33)31-18-8-15(11-29)7-17(28)9-18/h3-10,14,23-24H,13H2,1-2H3,(H,31,33)/t23-,24+/m1/s1. The minimum absolute atomic E-state index is 0.0282. The Balaban J connectivity index is 1.88. The number of thiophene rings is 1. The highest BCUT2D eigenvalue weighted by Gasteiger charge is 2.45. The fourth-order valence-corrected chi connectivity index (χ4v) is 5.28. The largest absolute Gasteiger partial charge is 0.329 e. The van der Waals surface area contributed by atoms with Crippen LogP contribution >= 0.6 is 11.3 Å². The summed E-state index contributed by atoms with van der Waals surface area (Å²) in [5.74, 6) is -3.22. The minimum atomic E-state index is -1.05. The summed E-state index contributed by atoms with van der Waals surface area (Å²) in [6.45, 7) is 4.19. The van der Waals surface area contributed by atoms with E-state index in [4.69, 9.17) is 5.26 Å². The van der Waals surface area contributed by atoms with E-state index >= 15 is 0 Å². The summed E-state index contributed by atoms with van der Waals surface area (Å²) < 4.78 is 28.4. The van der Waals surface area contributed by atoms with Crippen molar-refractivity contribution in [2.75, 3.05) is 11.9 Å². The van der Waals surface area contributed by atoms with Crippen molar-refractivity contribution in [3.8, 4) is 12.1 Å². The van der Waals surface area contributed by atoms with Gasteiger partial charge in [-0.25, -0.2) is 8.78 Å². The smallest absolute Gasteiger partial charge is 0.254 e. The predicted octanol–water partition coefficient (Wildman–Crippen LogP) is 5.35. The molecular weight excluding hydrogens is 470 g/mol. The zero-order valence-electron chi connectivity index (χ0n) is 18.9. The van der Waals surface area contributed by atoms with Crippen molar-refractivity contribution in [3.63, 3.8) is 0 Å². The molecule has 0 spiro atoms. The maximum absolute atomic E-state index is 14.3. The van der Waals surface area contributed by atoms with E-state index in [1.807, 2.05) is 19.9 Å². The van der Waals surface area contributed by atoms with Gasteiger partial charge in [0, 0.05) is 22.7 Å². The van der Waals surface area contributed by atoms with E-state index < -0.39 is 29.5 Å². The van der Waals surface area contributed by atoms with Gasteiger partial charge < -0.3 is 10.2 Å². The normalized spacial score (nSPS) is 17.0. The van der Waals surface area contributed by atoms with Gasteiger partial charge in [0.05, 0.1) is 23.6 Å². The summed E-state index contributed by atoms with van der Waals surface area (Å²) in [5, 5.41) is 21.1. The lowest BCUT2D eigenvalue weighted by Gasteiger charge is -2.42. The van der Waals surface area contributed by atoms with Gasteiger partial charge in [-0.05, 0) is 60.0 Å². The molecule has 1 aromatic heterocycles. The monoisotopic (exact) mass is 490 g/mol. The van der Waals surface area contributed by atoms with E-state index in [1.54, 1.807) is 17.0 Å². The number of halogens is 2. The van der Waals surface area contributed by atoms with Crippen LogP contribution in [0.2, 0.25) is 0 Å². The molecule has 9 heteroatoms. The third-order valence-electron chi connectivity index (χ3n) is 5.66. The molecule has 0 bridgehead atoms. The third-order valence-corrected chi connectivity index (χ3v) is 6.72. The minimum Gasteiger partial charge on any atom is -0.329 e. The Morgan fingerprint density at radius 3 is 2.51 bits per heavy atom. The van der Waals surface area contributed by atoms with Crippen molar-refractivity contribution >= 4 is 28.8 Å². The molecule has 0 saturated carbocycles. The van der Waals surface area contributed by atoms with Gasteiger partial charge >= 0.3 is 0 Å².